The molecule has 4 rings (SSSR count). The van der Waals surface area contributed by atoms with Crippen LogP contribution >= 0.6 is 0 Å². The lowest BCUT2D eigenvalue weighted by molar-refractivity contribution is -0.142. The lowest BCUT2D eigenvalue weighted by atomic mass is 9.83. The monoisotopic (exact) mass is 613 g/mol. The van der Waals surface area contributed by atoms with Gasteiger partial charge in [0.25, 0.3) is 0 Å². The van der Waals surface area contributed by atoms with E-state index in [0.717, 1.165) is 6.42 Å². The molecule has 2 N–H and O–H groups in total. The second-order valence-corrected chi connectivity index (χ2v) is 16.7. The first-order valence-corrected chi connectivity index (χ1v) is 16.0. The van der Waals surface area contributed by atoms with E-state index in [1.165, 1.54) is 18.2 Å². The summed E-state index contributed by atoms with van der Waals surface area (Å²) in [5.41, 5.74) is -1.97. The molecule has 3 saturated heterocycles. The Balaban J connectivity index is 1.64. The zero-order valence-corrected chi connectivity index (χ0v) is 29.2. The number of ether oxygens (including phenoxy) is 3. The van der Waals surface area contributed by atoms with E-state index >= 15 is 0 Å². The zero-order valence-electron chi connectivity index (χ0n) is 29.2. The van der Waals surface area contributed by atoms with Crippen LogP contribution in [0.4, 0.5) is 0 Å². The molecule has 0 aromatic heterocycles. The molecule has 0 amide bonds. The maximum atomic E-state index is 13.7. The van der Waals surface area contributed by atoms with Crippen LogP contribution in [-0.2, 0) is 14.4 Å². The van der Waals surface area contributed by atoms with Gasteiger partial charge in [0.05, 0.1) is 17.8 Å². The van der Waals surface area contributed by atoms with Crippen molar-refractivity contribution in [3.05, 3.63) is 18.2 Å². The molecule has 3 aliphatic rings. The highest BCUT2D eigenvalue weighted by Gasteiger charge is 2.55. The Hall–Kier alpha value is -2.49. The molecular formula is C35H55N3O6. The number of likely N-dealkylation sites (tertiary alicyclic amines) is 1. The first-order valence-electron chi connectivity index (χ1n) is 16.0. The fourth-order valence-corrected chi connectivity index (χ4v) is 8.19. The van der Waals surface area contributed by atoms with Crippen LogP contribution in [0.15, 0.2) is 18.2 Å². The molecule has 3 fully saturated rings. The number of hydrogen-bond donors (Lipinski definition) is 2. The topological polar surface area (TPSA) is 106 Å². The van der Waals surface area contributed by atoms with E-state index in [9.17, 15) is 14.4 Å². The Morgan fingerprint density at radius 3 is 1.30 bits per heavy atom. The summed E-state index contributed by atoms with van der Waals surface area (Å²) >= 11 is 0. The predicted molar refractivity (Wildman–Crippen MR) is 171 cm³/mol. The molecule has 1 aromatic carbocycles. The van der Waals surface area contributed by atoms with Crippen molar-refractivity contribution in [2.24, 2.45) is 17.8 Å². The Morgan fingerprint density at radius 2 is 1.00 bits per heavy atom. The van der Waals surface area contributed by atoms with Crippen molar-refractivity contribution in [1.82, 2.24) is 15.5 Å². The van der Waals surface area contributed by atoms with Gasteiger partial charge < -0.3 is 24.8 Å². The molecule has 3 aliphatic heterocycles. The molecule has 1 aromatic rings. The van der Waals surface area contributed by atoms with Gasteiger partial charge in [-0.1, -0.05) is 6.92 Å². The Kier molecular flexibility index (Phi) is 8.67. The van der Waals surface area contributed by atoms with E-state index in [0.29, 0.717) is 19.3 Å². The van der Waals surface area contributed by atoms with Gasteiger partial charge in [0, 0.05) is 51.4 Å². The highest BCUT2D eigenvalue weighted by molar-refractivity contribution is 5.81. The lowest BCUT2D eigenvalue weighted by Crippen LogP contribution is -2.50. The highest BCUT2D eigenvalue weighted by atomic mass is 16.6. The predicted octanol–water partition coefficient (Wildman–Crippen LogP) is 5.64. The maximum absolute atomic E-state index is 13.7. The van der Waals surface area contributed by atoms with Gasteiger partial charge in [-0.2, -0.15) is 0 Å². The summed E-state index contributed by atoms with van der Waals surface area (Å²) in [6.07, 6.45) is 2.63. The fraction of sp³-hybridized carbons (Fsp3) is 0.743. The summed E-state index contributed by atoms with van der Waals surface area (Å²) in [6, 6.07) is 4.59. The second kappa shape index (κ2) is 11.1. The number of nitrogens with one attached hydrogen (secondary N) is 2. The van der Waals surface area contributed by atoms with Crippen molar-refractivity contribution in [2.75, 3.05) is 7.05 Å². The van der Waals surface area contributed by atoms with Crippen LogP contribution in [0.5, 0.6) is 17.2 Å². The molecule has 0 saturated carbocycles. The highest BCUT2D eigenvalue weighted by Crippen LogP contribution is 2.47. The third-order valence-corrected chi connectivity index (χ3v) is 10.7. The van der Waals surface area contributed by atoms with Gasteiger partial charge in [0.2, 0.25) is 0 Å². The quantitative estimate of drug-likeness (QED) is 0.299. The van der Waals surface area contributed by atoms with Crippen LogP contribution in [0.1, 0.15) is 109 Å². The van der Waals surface area contributed by atoms with Gasteiger partial charge in [-0.3, -0.25) is 19.3 Å². The van der Waals surface area contributed by atoms with Crippen LogP contribution < -0.4 is 24.8 Å². The van der Waals surface area contributed by atoms with Crippen LogP contribution in [0, 0.1) is 17.8 Å². The molecule has 0 aliphatic carbocycles. The van der Waals surface area contributed by atoms with E-state index in [4.69, 9.17) is 14.2 Å². The van der Waals surface area contributed by atoms with Crippen molar-refractivity contribution < 1.29 is 28.6 Å². The number of hydrogen-bond acceptors (Lipinski definition) is 9. The Bertz CT molecular complexity index is 1250. The third kappa shape index (κ3) is 6.70. The minimum absolute atomic E-state index is 0.162. The van der Waals surface area contributed by atoms with Gasteiger partial charge in [0.1, 0.15) is 17.2 Å². The number of nitrogens with zero attached hydrogens (tertiary/aromatic N) is 1. The van der Waals surface area contributed by atoms with Crippen molar-refractivity contribution in [3.8, 4) is 17.2 Å². The lowest BCUT2D eigenvalue weighted by Gasteiger charge is -2.40. The second-order valence-electron chi connectivity index (χ2n) is 16.7. The van der Waals surface area contributed by atoms with Crippen LogP contribution in [0.25, 0.3) is 0 Å². The molecule has 44 heavy (non-hydrogen) atoms. The summed E-state index contributed by atoms with van der Waals surface area (Å²) in [4.78, 5) is 43.0. The van der Waals surface area contributed by atoms with Crippen LogP contribution in [0.3, 0.4) is 0 Å². The molecule has 4 unspecified atom stereocenters. The molecule has 3 heterocycles. The standard InChI is InChI=1S/C35H55N3O6/c1-14-35(12)26(20-32(6,7)38(35)13)29(41)44-23-16-21(42-27(39)24-18-30(2,3)36-33(24,8)9)15-22(17-23)43-28(40)25-19-31(4,5)37-34(25,10)11/h15-17,24-26,36-37H,14,18-20H2,1-13H3. The van der Waals surface area contributed by atoms with Crippen molar-refractivity contribution in [3.63, 3.8) is 0 Å². The minimum Gasteiger partial charge on any atom is -0.426 e. The average molecular weight is 614 g/mol. The van der Waals surface area contributed by atoms with Gasteiger partial charge in [0.15, 0.2) is 0 Å². The SMILES string of the molecule is CCC1(C)C(C(=O)Oc2cc(OC(=O)C3CC(C)(C)NC3(C)C)cc(OC(=O)C3CC(C)(C)NC3(C)C)c2)CC(C)(C)N1C. The number of carbonyl (C=O) groups excluding carboxylic acids is 3. The summed E-state index contributed by atoms with van der Waals surface area (Å²) in [5, 5.41) is 7.02. The number of esters is 3. The first-order chi connectivity index (χ1) is 19.9. The van der Waals surface area contributed by atoms with Crippen LogP contribution in [0.2, 0.25) is 0 Å². The van der Waals surface area contributed by atoms with Crippen LogP contribution in [-0.4, -0.2) is 63.1 Å². The maximum Gasteiger partial charge on any atom is 0.316 e. The Labute approximate surface area is 264 Å². The van der Waals surface area contributed by atoms with Gasteiger partial charge in [-0.25, -0.2) is 0 Å². The number of rotatable bonds is 7. The molecule has 9 heteroatoms. The number of benzene rings is 1. The van der Waals surface area contributed by atoms with Crippen molar-refractivity contribution in [1.29, 1.82) is 0 Å². The summed E-state index contributed by atoms with van der Waals surface area (Å²) in [6.45, 7) is 24.6. The van der Waals surface area contributed by atoms with Gasteiger partial charge in [-0.15, -0.1) is 0 Å². The summed E-state index contributed by atoms with van der Waals surface area (Å²) in [7, 11) is 2.05. The third-order valence-electron chi connectivity index (χ3n) is 10.7. The molecule has 0 spiro atoms. The molecule has 246 valence electrons. The first kappa shape index (κ1) is 34.4. The summed E-state index contributed by atoms with van der Waals surface area (Å²) < 4.78 is 17.9. The molecular weight excluding hydrogens is 558 g/mol. The summed E-state index contributed by atoms with van der Waals surface area (Å²) in [5.74, 6) is -1.83. The van der Waals surface area contributed by atoms with Crippen molar-refractivity contribution >= 4 is 17.9 Å². The van der Waals surface area contributed by atoms with Gasteiger partial charge >= 0.3 is 17.9 Å². The van der Waals surface area contributed by atoms with E-state index < -0.39 is 34.9 Å². The molecule has 9 nitrogen and oxygen atoms in total. The Morgan fingerprint density at radius 1 is 0.659 bits per heavy atom. The average Bonchev–Trinajstić information content (AvgIpc) is 3.32. The van der Waals surface area contributed by atoms with E-state index in [-0.39, 0.29) is 51.3 Å². The van der Waals surface area contributed by atoms with E-state index in [1.807, 2.05) is 27.7 Å². The van der Waals surface area contributed by atoms with Gasteiger partial charge in [-0.05, 0) is 109 Å². The largest absolute Gasteiger partial charge is 0.426 e. The molecule has 0 radical (unpaired) electrons. The zero-order chi connectivity index (χ0) is 33.3. The van der Waals surface area contributed by atoms with E-state index in [2.05, 4.69) is 78.0 Å². The number of carbonyl (C=O) groups is 3. The van der Waals surface area contributed by atoms with E-state index in [1.54, 1.807) is 0 Å². The molecule has 0 bridgehead atoms. The molecule has 4 atom stereocenters. The minimum atomic E-state index is -0.472. The smallest absolute Gasteiger partial charge is 0.316 e. The normalized spacial score (nSPS) is 31.4. The van der Waals surface area contributed by atoms with Crippen molar-refractivity contribution in [2.45, 2.75) is 142 Å². The fourth-order valence-electron chi connectivity index (χ4n) is 8.19.